The molecule has 88 valence electrons. The minimum absolute atomic E-state index is 0.235. The van der Waals surface area contributed by atoms with E-state index >= 15 is 0 Å². The van der Waals surface area contributed by atoms with Crippen molar-refractivity contribution in [3.8, 4) is 0 Å². The Bertz CT molecular complexity index is 355. The van der Waals surface area contributed by atoms with Crippen LogP contribution in [0.25, 0.3) is 0 Å². The number of hydrogen-bond acceptors (Lipinski definition) is 5. The number of amides is 1. The molecular weight excluding hydrogens is 206 g/mol. The Hall–Kier alpha value is -1.66. The first-order chi connectivity index (χ1) is 7.65. The largest absolute Gasteiger partial charge is 0.369 e. The summed E-state index contributed by atoms with van der Waals surface area (Å²) in [4.78, 5) is 16.9. The van der Waals surface area contributed by atoms with Crippen LogP contribution in [0.15, 0.2) is 18.3 Å². The summed E-state index contributed by atoms with van der Waals surface area (Å²) < 4.78 is 0. The molecule has 0 atom stereocenters. The number of aromatic nitrogens is 1. The highest BCUT2D eigenvalue weighted by Crippen LogP contribution is 2.08. The molecule has 0 bridgehead atoms. The number of carbonyl (C=O) groups is 1. The Labute approximate surface area is 94.6 Å². The maximum absolute atomic E-state index is 10.8. The number of rotatable bonds is 6. The van der Waals surface area contributed by atoms with Gasteiger partial charge in [0.25, 0.3) is 0 Å². The lowest BCUT2D eigenvalue weighted by Crippen LogP contribution is -2.33. The third-order valence-corrected chi connectivity index (χ3v) is 2.20. The van der Waals surface area contributed by atoms with Crippen LogP contribution < -0.4 is 17.0 Å². The molecule has 1 rings (SSSR count). The minimum atomic E-state index is -0.338. The second-order valence-electron chi connectivity index (χ2n) is 3.45. The summed E-state index contributed by atoms with van der Waals surface area (Å²) in [5, 5.41) is 0. The molecule has 1 amide bonds. The molecule has 0 radical (unpaired) electrons. The maximum Gasteiger partial charge on any atom is 0.231 e. The number of anilines is 1. The van der Waals surface area contributed by atoms with Crippen LogP contribution in [-0.4, -0.2) is 28.9 Å². The van der Waals surface area contributed by atoms with Crippen molar-refractivity contribution in [2.24, 2.45) is 11.6 Å². The van der Waals surface area contributed by atoms with Gasteiger partial charge < -0.3 is 11.2 Å². The minimum Gasteiger partial charge on any atom is -0.369 e. The van der Waals surface area contributed by atoms with Gasteiger partial charge in [-0.2, -0.15) is 0 Å². The molecule has 1 aromatic rings. The molecule has 16 heavy (non-hydrogen) atoms. The number of pyridine rings is 1. The Morgan fingerprint density at radius 3 is 2.94 bits per heavy atom. The summed E-state index contributed by atoms with van der Waals surface area (Å²) in [6.45, 7) is 3.52. The Balaban J connectivity index is 2.65. The number of likely N-dealkylation sites (N-methyl/N-ethyl adjacent to an activating group) is 1. The van der Waals surface area contributed by atoms with E-state index in [1.807, 2.05) is 17.9 Å². The first-order valence-corrected chi connectivity index (χ1v) is 5.08. The van der Waals surface area contributed by atoms with E-state index < -0.39 is 0 Å². The van der Waals surface area contributed by atoms with E-state index in [1.54, 1.807) is 12.3 Å². The van der Waals surface area contributed by atoms with Gasteiger partial charge in [-0.05, 0) is 18.7 Å². The van der Waals surface area contributed by atoms with Crippen LogP contribution in [0.4, 0.5) is 5.69 Å². The normalized spacial score (nSPS) is 10.4. The number of nitrogen functional groups attached to an aromatic ring is 1. The van der Waals surface area contributed by atoms with Gasteiger partial charge in [0.05, 0.1) is 17.9 Å². The van der Waals surface area contributed by atoms with Crippen molar-refractivity contribution in [3.05, 3.63) is 24.0 Å². The molecule has 5 N–H and O–H groups in total. The van der Waals surface area contributed by atoms with Crippen LogP contribution >= 0.6 is 0 Å². The molecular formula is C10H17N5O. The molecule has 0 unspecified atom stereocenters. The first kappa shape index (κ1) is 12.4. The van der Waals surface area contributed by atoms with Gasteiger partial charge in [-0.15, -0.1) is 0 Å². The molecule has 0 spiro atoms. The fourth-order valence-electron chi connectivity index (χ4n) is 1.38. The Morgan fingerprint density at radius 2 is 2.38 bits per heavy atom. The van der Waals surface area contributed by atoms with Crippen LogP contribution in [0.5, 0.6) is 0 Å². The summed E-state index contributed by atoms with van der Waals surface area (Å²) in [6.07, 6.45) is 1.67. The highest BCUT2D eigenvalue weighted by Gasteiger charge is 2.07. The maximum atomic E-state index is 10.8. The lowest BCUT2D eigenvalue weighted by atomic mass is 10.3. The summed E-state index contributed by atoms with van der Waals surface area (Å²) in [5.41, 5.74) is 9.33. The summed E-state index contributed by atoms with van der Waals surface area (Å²) in [7, 11) is 0. The van der Waals surface area contributed by atoms with Crippen LogP contribution in [0.2, 0.25) is 0 Å². The number of nitrogens with zero attached hydrogens (tertiary/aromatic N) is 2. The summed E-state index contributed by atoms with van der Waals surface area (Å²) >= 11 is 0. The monoisotopic (exact) mass is 223 g/mol. The summed E-state index contributed by atoms with van der Waals surface area (Å²) in [5.74, 6) is 4.96. The topological polar surface area (TPSA) is 97.3 Å². The first-order valence-electron chi connectivity index (χ1n) is 5.08. The molecule has 0 saturated carbocycles. The lowest BCUT2D eigenvalue weighted by molar-refractivity contribution is -0.119. The molecule has 0 aromatic carbocycles. The van der Waals surface area contributed by atoms with Gasteiger partial charge in [0, 0.05) is 12.7 Å². The van der Waals surface area contributed by atoms with Crippen molar-refractivity contribution >= 4 is 11.6 Å². The Morgan fingerprint density at radius 1 is 1.62 bits per heavy atom. The predicted octanol–water partition coefficient (Wildman–Crippen LogP) is -0.326. The van der Waals surface area contributed by atoms with E-state index in [0.717, 1.165) is 17.9 Å². The van der Waals surface area contributed by atoms with Gasteiger partial charge in [0.15, 0.2) is 0 Å². The number of nitrogens with two attached hydrogens (primary N) is 2. The zero-order valence-electron chi connectivity index (χ0n) is 9.31. The predicted molar refractivity (Wildman–Crippen MR) is 62.2 cm³/mol. The molecule has 6 heteroatoms. The quantitative estimate of drug-likeness (QED) is 0.453. The van der Waals surface area contributed by atoms with E-state index in [2.05, 4.69) is 10.4 Å². The average molecular weight is 223 g/mol. The standard InChI is InChI=1S/C10H17N5O/c1-2-15(7-10(11)16)6-9-5-8(14-12)3-4-13-9/h3-5H,2,6-7,12H2,1H3,(H2,11,16)(H,13,14). The molecule has 0 aliphatic heterocycles. The zero-order chi connectivity index (χ0) is 12.0. The SMILES string of the molecule is CCN(CC(N)=O)Cc1cc(NN)ccn1. The van der Waals surface area contributed by atoms with E-state index in [-0.39, 0.29) is 12.5 Å². The third-order valence-electron chi connectivity index (χ3n) is 2.20. The van der Waals surface area contributed by atoms with Gasteiger partial charge in [0.2, 0.25) is 5.91 Å². The summed E-state index contributed by atoms with van der Waals surface area (Å²) in [6, 6.07) is 3.61. The van der Waals surface area contributed by atoms with Crippen LogP contribution in [0.1, 0.15) is 12.6 Å². The fraction of sp³-hybridized carbons (Fsp3) is 0.400. The van der Waals surface area contributed by atoms with E-state index in [9.17, 15) is 4.79 Å². The van der Waals surface area contributed by atoms with Crippen molar-refractivity contribution in [3.63, 3.8) is 0 Å². The van der Waals surface area contributed by atoms with Gasteiger partial charge in [0.1, 0.15) is 0 Å². The van der Waals surface area contributed by atoms with Gasteiger partial charge in [-0.25, -0.2) is 0 Å². The average Bonchev–Trinajstić information content (AvgIpc) is 2.28. The van der Waals surface area contributed by atoms with E-state index in [0.29, 0.717) is 6.54 Å². The molecule has 0 saturated heterocycles. The third kappa shape index (κ3) is 3.84. The molecule has 1 aromatic heterocycles. The second kappa shape index (κ2) is 6.04. The van der Waals surface area contributed by atoms with Crippen molar-refractivity contribution in [2.45, 2.75) is 13.5 Å². The number of hydrazine groups is 1. The highest BCUT2D eigenvalue weighted by atomic mass is 16.1. The van der Waals surface area contributed by atoms with Crippen LogP contribution in [0, 0.1) is 0 Å². The second-order valence-corrected chi connectivity index (χ2v) is 3.45. The number of nitrogens with one attached hydrogen (secondary N) is 1. The lowest BCUT2D eigenvalue weighted by Gasteiger charge is -2.18. The highest BCUT2D eigenvalue weighted by molar-refractivity contribution is 5.75. The molecule has 1 heterocycles. The number of carbonyl (C=O) groups excluding carboxylic acids is 1. The number of hydrogen-bond donors (Lipinski definition) is 3. The van der Waals surface area contributed by atoms with E-state index in [1.165, 1.54) is 0 Å². The molecule has 0 fully saturated rings. The fourth-order valence-corrected chi connectivity index (χ4v) is 1.38. The molecule has 0 aliphatic rings. The van der Waals surface area contributed by atoms with E-state index in [4.69, 9.17) is 11.6 Å². The zero-order valence-corrected chi connectivity index (χ0v) is 9.31. The van der Waals surface area contributed by atoms with Gasteiger partial charge in [-0.1, -0.05) is 6.92 Å². The van der Waals surface area contributed by atoms with Crippen LogP contribution in [-0.2, 0) is 11.3 Å². The van der Waals surface area contributed by atoms with Crippen molar-refractivity contribution < 1.29 is 4.79 Å². The van der Waals surface area contributed by atoms with Gasteiger partial charge in [-0.3, -0.25) is 20.5 Å². The number of primary amides is 1. The van der Waals surface area contributed by atoms with Crippen molar-refractivity contribution in [1.29, 1.82) is 0 Å². The van der Waals surface area contributed by atoms with Crippen molar-refractivity contribution in [2.75, 3.05) is 18.5 Å². The molecule has 0 aliphatic carbocycles. The van der Waals surface area contributed by atoms with Crippen LogP contribution in [0.3, 0.4) is 0 Å². The smallest absolute Gasteiger partial charge is 0.231 e. The Kier molecular flexibility index (Phi) is 4.68. The molecule has 6 nitrogen and oxygen atoms in total. The van der Waals surface area contributed by atoms with Gasteiger partial charge >= 0.3 is 0 Å². The van der Waals surface area contributed by atoms with Crippen molar-refractivity contribution in [1.82, 2.24) is 9.88 Å².